The molecule has 0 bridgehead atoms. The third-order valence-electron chi connectivity index (χ3n) is 7.23. The van der Waals surface area contributed by atoms with Crippen LogP contribution in [0.25, 0.3) is 23.2 Å². The fourth-order valence-electron chi connectivity index (χ4n) is 5.30. The topological polar surface area (TPSA) is 159 Å². The summed E-state index contributed by atoms with van der Waals surface area (Å²) in [6.45, 7) is 0.0342. The van der Waals surface area contributed by atoms with Gasteiger partial charge in [0, 0.05) is 17.2 Å². The summed E-state index contributed by atoms with van der Waals surface area (Å²) in [4.78, 5) is 13.0. The SMILES string of the molecule is O=c1cc(-c2ccc(O)cc2)oc2c1=C(O)C([C@@H]1O[C@@H]3COC(c4ccccc4)O[C@H]3[C@H](O)[C@H]1O)C(O)C=2. The van der Waals surface area contributed by atoms with Crippen LogP contribution in [0.5, 0.6) is 5.75 Å². The molecule has 10 heteroatoms. The van der Waals surface area contributed by atoms with Gasteiger partial charge in [-0.15, -0.1) is 0 Å². The summed E-state index contributed by atoms with van der Waals surface area (Å²) in [7, 11) is 0. The second-order valence-electron chi connectivity index (χ2n) is 9.63. The summed E-state index contributed by atoms with van der Waals surface area (Å²) < 4.78 is 23.5. The summed E-state index contributed by atoms with van der Waals surface area (Å²) in [6.07, 6.45) is -6.86. The molecule has 5 N–H and O–H groups in total. The van der Waals surface area contributed by atoms with Gasteiger partial charge in [0.15, 0.2) is 11.7 Å². The molecule has 198 valence electrons. The summed E-state index contributed by atoms with van der Waals surface area (Å²) in [5.41, 5.74) is 0.644. The monoisotopic (exact) mass is 522 g/mol. The highest BCUT2D eigenvalue weighted by molar-refractivity contribution is 5.59. The molecule has 3 aromatic rings. The Balaban J connectivity index is 1.30. The van der Waals surface area contributed by atoms with Crippen LogP contribution >= 0.6 is 0 Å². The van der Waals surface area contributed by atoms with Crippen molar-refractivity contribution in [3.8, 4) is 17.1 Å². The van der Waals surface area contributed by atoms with E-state index in [0.717, 1.165) is 5.56 Å². The van der Waals surface area contributed by atoms with Crippen LogP contribution in [-0.4, -0.2) is 68.8 Å². The molecule has 2 aliphatic heterocycles. The lowest BCUT2D eigenvalue weighted by Crippen LogP contribution is -2.65. The molecule has 10 nitrogen and oxygen atoms in total. The second kappa shape index (κ2) is 9.66. The van der Waals surface area contributed by atoms with Gasteiger partial charge in [-0.05, 0) is 30.3 Å². The highest BCUT2D eigenvalue weighted by Gasteiger charge is 2.53. The van der Waals surface area contributed by atoms with Crippen LogP contribution in [0.1, 0.15) is 11.9 Å². The fourth-order valence-corrected chi connectivity index (χ4v) is 5.30. The van der Waals surface area contributed by atoms with Gasteiger partial charge in [-0.2, -0.15) is 0 Å². The zero-order valence-corrected chi connectivity index (χ0v) is 20.0. The fraction of sp³-hybridized carbons (Fsp3) is 0.321. The standard InChI is InChI=1S/C28H26O10/c29-15-8-6-13(7-9-15)18-10-16(30)21-19(36-18)11-17(31)22(23(21)32)27-25(34)24(33)26-20(37-27)12-35-28(38-26)14-4-2-1-3-5-14/h1-11,17,20,22,24-29,31-34H,12H2/t17?,20-,22?,24-,25-,26-,27+,28?/m1/s1. The zero-order chi connectivity index (χ0) is 26.6. The van der Waals surface area contributed by atoms with Crippen LogP contribution in [0.4, 0.5) is 0 Å². The van der Waals surface area contributed by atoms with Gasteiger partial charge in [-0.3, -0.25) is 4.79 Å². The highest BCUT2D eigenvalue weighted by atomic mass is 16.7. The number of benzene rings is 2. The first-order valence-corrected chi connectivity index (χ1v) is 12.2. The largest absolute Gasteiger partial charge is 0.511 e. The molecule has 2 aromatic carbocycles. The Morgan fingerprint density at radius 1 is 0.842 bits per heavy atom. The molecule has 2 fully saturated rings. The number of aromatic hydroxyl groups is 1. The van der Waals surface area contributed by atoms with Crippen molar-refractivity contribution in [1.29, 1.82) is 0 Å². The van der Waals surface area contributed by atoms with E-state index in [4.69, 9.17) is 18.6 Å². The third-order valence-corrected chi connectivity index (χ3v) is 7.23. The van der Waals surface area contributed by atoms with Crippen LogP contribution in [0.2, 0.25) is 0 Å². The predicted molar refractivity (Wildman–Crippen MR) is 132 cm³/mol. The summed E-state index contributed by atoms with van der Waals surface area (Å²) >= 11 is 0. The Kier molecular flexibility index (Phi) is 6.31. The lowest BCUT2D eigenvalue weighted by Gasteiger charge is -2.48. The number of hydrogen-bond donors (Lipinski definition) is 5. The van der Waals surface area contributed by atoms with Gasteiger partial charge < -0.3 is 44.2 Å². The van der Waals surface area contributed by atoms with Gasteiger partial charge in [-0.1, -0.05) is 30.3 Å². The number of phenols is 1. The van der Waals surface area contributed by atoms with Crippen molar-refractivity contribution in [2.24, 2.45) is 5.92 Å². The molecule has 1 aliphatic carbocycles. The van der Waals surface area contributed by atoms with Crippen molar-refractivity contribution >= 4 is 11.8 Å². The summed E-state index contributed by atoms with van der Waals surface area (Å²) in [5.74, 6) is -1.55. The number of ether oxygens (including phenoxy) is 3. The summed E-state index contributed by atoms with van der Waals surface area (Å²) in [6, 6.07) is 16.3. The first-order valence-electron chi connectivity index (χ1n) is 12.2. The molecule has 6 rings (SSSR count). The van der Waals surface area contributed by atoms with E-state index in [1.54, 1.807) is 12.1 Å². The van der Waals surface area contributed by atoms with Gasteiger partial charge >= 0.3 is 0 Å². The van der Waals surface area contributed by atoms with Crippen LogP contribution in [0.3, 0.4) is 0 Å². The lowest BCUT2D eigenvalue weighted by atomic mass is 9.81. The Hall–Kier alpha value is -3.51. The highest BCUT2D eigenvalue weighted by Crippen LogP contribution is 2.38. The van der Waals surface area contributed by atoms with Gasteiger partial charge in [0.05, 0.1) is 24.7 Å². The third kappa shape index (κ3) is 4.21. The van der Waals surface area contributed by atoms with Crippen molar-refractivity contribution in [2.45, 2.75) is 42.9 Å². The maximum absolute atomic E-state index is 13.0. The number of fused-ring (bicyclic) bond motifs is 2. The number of rotatable bonds is 3. The minimum Gasteiger partial charge on any atom is -0.511 e. The maximum atomic E-state index is 13.0. The molecule has 0 spiro atoms. The molecule has 3 heterocycles. The molecule has 3 unspecified atom stereocenters. The molecule has 38 heavy (non-hydrogen) atoms. The maximum Gasteiger partial charge on any atom is 0.196 e. The minimum atomic E-state index is -1.55. The van der Waals surface area contributed by atoms with Crippen molar-refractivity contribution < 1.29 is 44.2 Å². The van der Waals surface area contributed by atoms with Crippen LogP contribution in [0, 0.1) is 5.92 Å². The first-order chi connectivity index (χ1) is 18.3. The van der Waals surface area contributed by atoms with Gasteiger partial charge in [0.2, 0.25) is 0 Å². The van der Waals surface area contributed by atoms with Crippen LogP contribution in [0.15, 0.2) is 69.9 Å². The molecular weight excluding hydrogens is 496 g/mol. The van der Waals surface area contributed by atoms with E-state index in [1.165, 1.54) is 24.3 Å². The number of aliphatic hydroxyl groups is 4. The first kappa shape index (κ1) is 24.8. The van der Waals surface area contributed by atoms with E-state index in [2.05, 4.69) is 0 Å². The number of phenolic OH excluding ortho intramolecular Hbond substituents is 1. The predicted octanol–water partition coefficient (Wildman–Crippen LogP) is 0.0532. The summed E-state index contributed by atoms with van der Waals surface area (Å²) in [5, 5.41) is 53.4. The normalized spacial score (nSPS) is 32.7. The zero-order valence-electron chi connectivity index (χ0n) is 20.0. The average Bonchev–Trinajstić information content (AvgIpc) is 2.91. The van der Waals surface area contributed by atoms with Gasteiger partial charge in [0.1, 0.15) is 52.3 Å². The van der Waals surface area contributed by atoms with Gasteiger partial charge in [0.25, 0.3) is 0 Å². The van der Waals surface area contributed by atoms with E-state index >= 15 is 0 Å². The molecule has 3 aliphatic rings. The molecule has 1 aromatic heterocycles. The van der Waals surface area contributed by atoms with E-state index < -0.39 is 60.0 Å². The van der Waals surface area contributed by atoms with Crippen LogP contribution in [-0.2, 0) is 14.2 Å². The van der Waals surface area contributed by atoms with E-state index in [1.807, 2.05) is 30.3 Å². The molecule has 0 amide bonds. The Morgan fingerprint density at radius 2 is 1.55 bits per heavy atom. The Bertz CT molecular complexity index is 1500. The molecule has 0 saturated carbocycles. The van der Waals surface area contributed by atoms with Crippen LogP contribution < -0.4 is 16.1 Å². The van der Waals surface area contributed by atoms with Crippen molar-refractivity contribution in [3.63, 3.8) is 0 Å². The second-order valence-corrected chi connectivity index (χ2v) is 9.63. The molecular formula is C28H26O10. The van der Waals surface area contributed by atoms with Crippen molar-refractivity contribution in [3.05, 3.63) is 87.1 Å². The minimum absolute atomic E-state index is 0.0342. The Morgan fingerprint density at radius 3 is 2.29 bits per heavy atom. The van der Waals surface area contributed by atoms with Crippen molar-refractivity contribution in [2.75, 3.05) is 6.61 Å². The smallest absolute Gasteiger partial charge is 0.196 e. The molecule has 0 radical (unpaired) electrons. The average molecular weight is 523 g/mol. The quantitative estimate of drug-likeness (QED) is 0.318. The number of aliphatic hydroxyl groups excluding tert-OH is 4. The van der Waals surface area contributed by atoms with Crippen molar-refractivity contribution in [1.82, 2.24) is 0 Å². The lowest BCUT2D eigenvalue weighted by molar-refractivity contribution is -0.333. The molecule has 8 atom stereocenters. The van der Waals surface area contributed by atoms with Gasteiger partial charge in [-0.25, -0.2) is 0 Å². The van der Waals surface area contributed by atoms with E-state index in [-0.39, 0.29) is 28.8 Å². The molecule has 2 saturated heterocycles. The van der Waals surface area contributed by atoms with E-state index in [0.29, 0.717) is 5.56 Å². The Labute approximate surface area is 215 Å². The van der Waals surface area contributed by atoms with E-state index in [9.17, 15) is 30.3 Å². The number of hydrogen-bond acceptors (Lipinski definition) is 10.